The van der Waals surface area contributed by atoms with Crippen LogP contribution < -0.4 is 5.56 Å². The van der Waals surface area contributed by atoms with Crippen molar-refractivity contribution in [1.82, 2.24) is 14.5 Å². The molecule has 0 atom stereocenters. The molecule has 2 aromatic carbocycles. The van der Waals surface area contributed by atoms with Crippen molar-refractivity contribution in [3.05, 3.63) is 70.2 Å². The summed E-state index contributed by atoms with van der Waals surface area (Å²) in [5.74, 6) is 0.622. The summed E-state index contributed by atoms with van der Waals surface area (Å²) in [5.41, 5.74) is 1.46. The van der Waals surface area contributed by atoms with E-state index in [1.165, 1.54) is 22.7 Å². The second-order valence-electron chi connectivity index (χ2n) is 7.05. The Kier molecular flexibility index (Phi) is 5.25. The lowest BCUT2D eigenvalue weighted by atomic mass is 10.2. The summed E-state index contributed by atoms with van der Waals surface area (Å²) >= 11 is 7.72. The molecular weight excluding hydrogens is 436 g/mol. The Morgan fingerprint density at radius 3 is 2.87 bits per heavy atom. The van der Waals surface area contributed by atoms with Crippen molar-refractivity contribution < 1.29 is 9.21 Å². The van der Waals surface area contributed by atoms with Crippen LogP contribution >= 0.6 is 23.4 Å². The molecule has 0 aliphatic carbocycles. The second-order valence-corrected chi connectivity index (χ2v) is 8.52. The highest BCUT2D eigenvalue weighted by Crippen LogP contribution is 2.28. The van der Waals surface area contributed by atoms with Gasteiger partial charge in [0.2, 0.25) is 11.5 Å². The molecule has 1 aliphatic heterocycles. The van der Waals surface area contributed by atoms with Gasteiger partial charge in [-0.25, -0.2) is 9.98 Å². The molecule has 1 amide bonds. The van der Waals surface area contributed by atoms with Crippen molar-refractivity contribution in [2.45, 2.75) is 13.0 Å². The lowest BCUT2D eigenvalue weighted by molar-refractivity contribution is -0.128. The van der Waals surface area contributed by atoms with Crippen LogP contribution in [0.5, 0.6) is 0 Å². The third kappa shape index (κ3) is 3.73. The number of aromatic nitrogens is 2. The number of furan rings is 1. The number of hydrogen-bond acceptors (Lipinski definition) is 6. The van der Waals surface area contributed by atoms with Crippen molar-refractivity contribution in [2.75, 3.05) is 12.3 Å². The minimum Gasteiger partial charge on any atom is -0.448 e. The molecule has 1 aliphatic rings. The largest absolute Gasteiger partial charge is 0.448 e. The minimum atomic E-state index is -0.385. The van der Waals surface area contributed by atoms with Crippen molar-refractivity contribution >= 4 is 62.2 Å². The molecule has 2 aromatic heterocycles. The van der Waals surface area contributed by atoms with Crippen LogP contribution in [0.3, 0.4) is 0 Å². The molecule has 3 heterocycles. The van der Waals surface area contributed by atoms with E-state index in [4.69, 9.17) is 16.0 Å². The molecule has 7 nitrogen and oxygen atoms in total. The van der Waals surface area contributed by atoms with Crippen molar-refractivity contribution in [1.29, 1.82) is 0 Å². The van der Waals surface area contributed by atoms with Gasteiger partial charge in [0.25, 0.3) is 5.56 Å². The molecule has 0 radical (unpaired) electrons. The van der Waals surface area contributed by atoms with Gasteiger partial charge < -0.3 is 4.42 Å². The van der Waals surface area contributed by atoms with Gasteiger partial charge in [-0.05, 0) is 30.7 Å². The van der Waals surface area contributed by atoms with Gasteiger partial charge in [0.15, 0.2) is 5.17 Å². The van der Waals surface area contributed by atoms with Gasteiger partial charge in [-0.3, -0.25) is 19.1 Å². The van der Waals surface area contributed by atoms with Gasteiger partial charge in [-0.1, -0.05) is 47.6 Å². The summed E-state index contributed by atoms with van der Waals surface area (Å²) in [5, 5.41) is 1.87. The number of carbonyl (C=O) groups is 1. The zero-order chi connectivity index (χ0) is 21.4. The Morgan fingerprint density at radius 2 is 2.00 bits per heavy atom. The van der Waals surface area contributed by atoms with Crippen molar-refractivity contribution in [3.8, 4) is 0 Å². The van der Waals surface area contributed by atoms with Crippen LogP contribution in [0.4, 0.5) is 5.69 Å². The summed E-state index contributed by atoms with van der Waals surface area (Å²) in [7, 11) is 0. The third-order valence-corrected chi connectivity index (χ3v) is 6.40. The first-order valence-corrected chi connectivity index (χ1v) is 11.1. The summed E-state index contributed by atoms with van der Waals surface area (Å²) in [6.45, 7) is 0.380. The van der Waals surface area contributed by atoms with E-state index in [-0.39, 0.29) is 23.6 Å². The maximum atomic E-state index is 13.1. The van der Waals surface area contributed by atoms with Gasteiger partial charge in [0.1, 0.15) is 17.6 Å². The number of thioether (sulfide) groups is 1. The van der Waals surface area contributed by atoms with E-state index in [1.54, 1.807) is 23.1 Å². The van der Waals surface area contributed by atoms with Gasteiger partial charge >= 0.3 is 0 Å². The van der Waals surface area contributed by atoms with E-state index in [9.17, 15) is 9.59 Å². The molecule has 5 rings (SSSR count). The zero-order valence-electron chi connectivity index (χ0n) is 16.3. The van der Waals surface area contributed by atoms with E-state index >= 15 is 0 Å². The normalized spacial score (nSPS) is 15.8. The fourth-order valence-corrected chi connectivity index (χ4v) is 4.63. The molecule has 0 bridgehead atoms. The highest BCUT2D eigenvalue weighted by atomic mass is 35.5. The Morgan fingerprint density at radius 1 is 1.19 bits per heavy atom. The van der Waals surface area contributed by atoms with Gasteiger partial charge in [0.05, 0.1) is 17.0 Å². The van der Waals surface area contributed by atoms with E-state index in [0.29, 0.717) is 33.5 Å². The third-order valence-electron chi connectivity index (χ3n) is 5.01. The molecule has 156 valence electrons. The van der Waals surface area contributed by atoms with E-state index in [1.807, 2.05) is 30.3 Å². The SMILES string of the molecule is O=C(Cn1cnc2c(oc3ccccc32)c1=O)N1CCCSC1=Nc1ccccc1Cl. The number of aliphatic imine (C=N–C) groups is 1. The quantitative estimate of drug-likeness (QED) is 0.458. The molecule has 0 N–H and O–H groups in total. The zero-order valence-corrected chi connectivity index (χ0v) is 17.9. The number of halogens is 1. The van der Waals surface area contributed by atoms with Gasteiger partial charge in [-0.15, -0.1) is 0 Å². The average molecular weight is 453 g/mol. The van der Waals surface area contributed by atoms with Crippen LogP contribution in [0.15, 0.2) is 69.1 Å². The maximum absolute atomic E-state index is 13.1. The smallest absolute Gasteiger partial charge is 0.297 e. The average Bonchev–Trinajstić information content (AvgIpc) is 3.17. The standard InChI is InChI=1S/C22H17ClN4O3S/c23-15-7-2-3-8-16(15)25-22-27(10-5-11-31-22)18(28)12-26-13-24-19-14-6-1-4-9-17(14)30-20(19)21(26)29/h1-4,6-9,13H,5,10-12H2. The Hall–Kier alpha value is -3.10. The van der Waals surface area contributed by atoms with E-state index < -0.39 is 0 Å². The van der Waals surface area contributed by atoms with Gasteiger partial charge in [-0.2, -0.15) is 0 Å². The maximum Gasteiger partial charge on any atom is 0.297 e. The number of rotatable bonds is 3. The summed E-state index contributed by atoms with van der Waals surface area (Å²) in [4.78, 5) is 36.6. The molecule has 1 saturated heterocycles. The lowest BCUT2D eigenvalue weighted by Crippen LogP contribution is -2.42. The van der Waals surface area contributed by atoms with E-state index in [2.05, 4.69) is 9.98 Å². The highest BCUT2D eigenvalue weighted by molar-refractivity contribution is 8.13. The minimum absolute atomic E-state index is 0.148. The van der Waals surface area contributed by atoms with Crippen molar-refractivity contribution in [3.63, 3.8) is 0 Å². The van der Waals surface area contributed by atoms with Crippen LogP contribution in [-0.4, -0.2) is 37.8 Å². The number of nitrogens with zero attached hydrogens (tertiary/aromatic N) is 4. The first kappa shape index (κ1) is 19.8. The first-order valence-electron chi connectivity index (χ1n) is 9.75. The Labute approximate surface area is 186 Å². The molecular formula is C22H17ClN4O3S. The highest BCUT2D eigenvalue weighted by Gasteiger charge is 2.25. The predicted molar refractivity (Wildman–Crippen MR) is 123 cm³/mol. The molecule has 0 unspecified atom stereocenters. The second kappa shape index (κ2) is 8.20. The molecule has 31 heavy (non-hydrogen) atoms. The Balaban J connectivity index is 1.46. The van der Waals surface area contributed by atoms with Crippen LogP contribution in [0.25, 0.3) is 22.1 Å². The fourth-order valence-electron chi connectivity index (χ4n) is 3.49. The number of para-hydroxylation sites is 2. The molecule has 9 heteroatoms. The molecule has 0 saturated carbocycles. The van der Waals surface area contributed by atoms with E-state index in [0.717, 1.165) is 17.6 Å². The first-order chi connectivity index (χ1) is 15.1. The van der Waals surface area contributed by atoms with Crippen LogP contribution in [0.1, 0.15) is 6.42 Å². The summed E-state index contributed by atoms with van der Waals surface area (Å²) in [6.07, 6.45) is 2.24. The molecule has 0 spiro atoms. The summed E-state index contributed by atoms with van der Waals surface area (Å²) in [6, 6.07) is 14.6. The molecule has 4 aromatic rings. The van der Waals surface area contributed by atoms with Crippen LogP contribution in [0, 0.1) is 0 Å². The van der Waals surface area contributed by atoms with Gasteiger partial charge in [0, 0.05) is 17.7 Å². The number of amides is 1. The van der Waals surface area contributed by atoms with Crippen LogP contribution in [-0.2, 0) is 11.3 Å². The Bertz CT molecular complexity index is 1390. The number of amidine groups is 1. The monoisotopic (exact) mass is 452 g/mol. The number of carbonyl (C=O) groups excluding carboxylic acids is 1. The number of fused-ring (bicyclic) bond motifs is 3. The van der Waals surface area contributed by atoms with Crippen LogP contribution in [0.2, 0.25) is 5.02 Å². The molecule has 1 fully saturated rings. The summed E-state index contributed by atoms with van der Waals surface area (Å²) < 4.78 is 6.98. The number of benzene rings is 2. The lowest BCUT2D eigenvalue weighted by Gasteiger charge is -2.28. The topological polar surface area (TPSA) is 80.7 Å². The predicted octanol–water partition coefficient (Wildman–Crippen LogP) is 4.45. The fraction of sp³-hybridized carbons (Fsp3) is 0.182. The van der Waals surface area contributed by atoms with Crippen molar-refractivity contribution in [2.24, 2.45) is 4.99 Å². The number of hydrogen-bond donors (Lipinski definition) is 0.